The van der Waals surface area contributed by atoms with Crippen LogP contribution in [0.1, 0.15) is 239 Å². The van der Waals surface area contributed by atoms with Crippen LogP contribution in [0.25, 0.3) is 0 Å². The first-order valence-electron chi connectivity index (χ1n) is 27.6. The highest BCUT2D eigenvalue weighted by Gasteiger charge is 2.27. The second-order valence-electron chi connectivity index (χ2n) is 19.7. The van der Waals surface area contributed by atoms with Crippen molar-refractivity contribution < 1.29 is 37.3 Å². The smallest absolute Gasteiger partial charge is 0.306 e. The van der Waals surface area contributed by atoms with Crippen LogP contribution in [0.4, 0.5) is 0 Å². The van der Waals surface area contributed by atoms with E-state index in [1.807, 2.05) is 33.3 Å². The number of unbranched alkanes of at least 4 members (excludes halogenated alkanes) is 25. The summed E-state index contributed by atoms with van der Waals surface area (Å²) < 4.78 is 30.1. The van der Waals surface area contributed by atoms with Gasteiger partial charge in [-0.1, -0.05) is 204 Å². The van der Waals surface area contributed by atoms with Gasteiger partial charge < -0.3 is 28.5 Å². The Morgan fingerprint density at radius 1 is 0.522 bits per heavy atom. The van der Waals surface area contributed by atoms with Crippen molar-refractivity contribution in [3.8, 4) is 0 Å². The number of rotatable bonds is 49. The molecule has 0 bridgehead atoms. The lowest BCUT2D eigenvalue weighted by molar-refractivity contribution is -0.870. The number of carbonyl (C=O) groups excluding carboxylic acids is 2. The molecule has 0 aromatic carbocycles. The summed E-state index contributed by atoms with van der Waals surface area (Å²) in [6.07, 6.45) is 57.7. The van der Waals surface area contributed by atoms with Crippen molar-refractivity contribution in [2.24, 2.45) is 0 Å². The molecule has 0 aliphatic rings. The van der Waals surface area contributed by atoms with Crippen molar-refractivity contribution in [3.05, 3.63) is 60.8 Å². The summed E-state index contributed by atoms with van der Waals surface area (Å²) in [7, 11) is 1.15. The molecule has 0 aromatic rings. The number of nitrogens with zero attached hydrogens (tertiary/aromatic N) is 1. The third-order valence-electron chi connectivity index (χ3n) is 11.9. The highest BCUT2D eigenvalue weighted by atomic mass is 31.2. The average Bonchev–Trinajstić information content (AvgIpc) is 3.28. The van der Waals surface area contributed by atoms with Crippen LogP contribution in [-0.4, -0.2) is 69.4 Å². The van der Waals surface area contributed by atoms with Crippen LogP contribution in [0.3, 0.4) is 0 Å². The number of ether oxygens (including phenoxy) is 1. The average molecular weight is 961 g/mol. The number of hydrogen-bond acceptors (Lipinski definition) is 7. The summed E-state index contributed by atoms with van der Waals surface area (Å²) >= 11 is 0. The summed E-state index contributed by atoms with van der Waals surface area (Å²) in [6, 6.07) is -0.914. The lowest BCUT2D eigenvalue weighted by Gasteiger charge is -2.30. The maximum Gasteiger partial charge on any atom is 0.306 e. The minimum absolute atomic E-state index is 0.0328. The van der Waals surface area contributed by atoms with E-state index in [0.717, 1.165) is 70.6 Å². The molecule has 10 heteroatoms. The maximum atomic E-state index is 13.4. The van der Waals surface area contributed by atoms with E-state index in [0.29, 0.717) is 23.9 Å². The molecule has 9 nitrogen and oxygen atoms in total. The van der Waals surface area contributed by atoms with E-state index in [1.54, 1.807) is 6.08 Å². The standard InChI is InChI=1S/C57H105N2O7P/c1-7-10-13-16-19-22-25-27-28-29-30-32-34-37-40-43-46-49-56(60)58-54(53-65-67(62,63)64-52-51-59(4,5)6)55(48-45-42-39-36-33-24-21-18-15-12-9-3)66-57(61)50-47-44-41-38-35-31-26-23-20-17-14-11-8-2/h19,22,27-28,31,35,41,44-45,48,54-55H,7-18,20-21,23-26,29-30,32-34,36-40,42-43,46-47,49-53H2,1-6H3,(H-,58,60,62,63)/b22-19-,28-27-,35-31-,44-41+,48-45-. The molecule has 67 heavy (non-hydrogen) atoms. The fourth-order valence-corrected chi connectivity index (χ4v) is 8.33. The predicted molar refractivity (Wildman–Crippen MR) is 284 cm³/mol. The first-order chi connectivity index (χ1) is 32.4. The Hall–Kier alpha value is -2.29. The van der Waals surface area contributed by atoms with Gasteiger partial charge in [0, 0.05) is 12.8 Å². The molecule has 0 aliphatic heterocycles. The van der Waals surface area contributed by atoms with Gasteiger partial charge in [0.15, 0.2) is 0 Å². The van der Waals surface area contributed by atoms with Crippen LogP contribution in [0, 0.1) is 0 Å². The lowest BCUT2D eigenvalue weighted by Crippen LogP contribution is -2.47. The molecule has 0 saturated heterocycles. The Bertz CT molecular complexity index is 1340. The second-order valence-corrected chi connectivity index (χ2v) is 21.1. The van der Waals surface area contributed by atoms with Crippen molar-refractivity contribution in [2.75, 3.05) is 40.9 Å². The lowest BCUT2D eigenvalue weighted by atomic mass is 10.1. The number of nitrogens with one attached hydrogen (secondary N) is 1. The zero-order chi connectivity index (χ0) is 49.4. The minimum atomic E-state index is -4.70. The number of phosphoric acid groups is 1. The van der Waals surface area contributed by atoms with E-state index in [1.165, 1.54) is 128 Å². The zero-order valence-corrected chi connectivity index (χ0v) is 45.2. The largest absolute Gasteiger partial charge is 0.756 e. The molecule has 0 aromatic heterocycles. The van der Waals surface area contributed by atoms with Crippen molar-refractivity contribution in [2.45, 2.75) is 251 Å². The molecule has 0 rings (SSSR count). The van der Waals surface area contributed by atoms with Crippen LogP contribution in [-0.2, 0) is 27.9 Å². The van der Waals surface area contributed by atoms with E-state index in [-0.39, 0.29) is 18.9 Å². The van der Waals surface area contributed by atoms with Crippen LogP contribution in [0.2, 0.25) is 0 Å². The van der Waals surface area contributed by atoms with Gasteiger partial charge in [0.1, 0.15) is 19.3 Å². The number of quaternary nitrogens is 1. The molecule has 390 valence electrons. The Morgan fingerprint density at radius 3 is 1.40 bits per heavy atom. The summed E-state index contributed by atoms with van der Waals surface area (Å²) in [6.45, 7) is 6.75. The fourth-order valence-electron chi connectivity index (χ4n) is 7.60. The maximum absolute atomic E-state index is 13.4. The SMILES string of the molecule is CCCCC/C=C\C/C=C\CCCCCCCCCC(=O)NC(COP(=O)([O-])OCC[N+](C)(C)C)C(/C=C\CCCCCCCCCCC)OC(=O)CC/C=C/C/C=C\CCCCCCCC. The number of phosphoric ester groups is 1. The van der Waals surface area contributed by atoms with Crippen molar-refractivity contribution in [3.63, 3.8) is 0 Å². The van der Waals surface area contributed by atoms with Gasteiger partial charge in [0.05, 0.1) is 33.8 Å². The molecule has 0 aliphatic carbocycles. The third kappa shape index (κ3) is 48.5. The molecule has 0 radical (unpaired) electrons. The highest BCUT2D eigenvalue weighted by Crippen LogP contribution is 2.38. The predicted octanol–water partition coefficient (Wildman–Crippen LogP) is 15.7. The number of amides is 1. The van der Waals surface area contributed by atoms with Crippen LogP contribution < -0.4 is 10.2 Å². The van der Waals surface area contributed by atoms with Crippen LogP contribution in [0.15, 0.2) is 60.8 Å². The Morgan fingerprint density at radius 2 is 0.925 bits per heavy atom. The Kier molecular flexibility index (Phi) is 45.8. The molecule has 1 N–H and O–H groups in total. The molecule has 3 atom stereocenters. The van der Waals surface area contributed by atoms with Crippen molar-refractivity contribution in [1.29, 1.82) is 0 Å². The topological polar surface area (TPSA) is 114 Å². The van der Waals surface area contributed by atoms with Crippen molar-refractivity contribution >= 4 is 19.7 Å². The highest BCUT2D eigenvalue weighted by molar-refractivity contribution is 7.45. The fraction of sp³-hybridized carbons (Fsp3) is 0.789. The summed E-state index contributed by atoms with van der Waals surface area (Å²) in [5.41, 5.74) is 0. The van der Waals surface area contributed by atoms with Gasteiger partial charge in [0.2, 0.25) is 5.91 Å². The van der Waals surface area contributed by atoms with E-state index < -0.39 is 32.5 Å². The Balaban J connectivity index is 5.42. The molecular weight excluding hydrogens is 856 g/mol. The molecule has 0 spiro atoms. The zero-order valence-electron chi connectivity index (χ0n) is 44.3. The summed E-state index contributed by atoms with van der Waals surface area (Å²) in [5.74, 6) is -0.630. The van der Waals surface area contributed by atoms with Crippen LogP contribution in [0.5, 0.6) is 0 Å². The summed E-state index contributed by atoms with van der Waals surface area (Å²) in [5, 5.41) is 2.99. The summed E-state index contributed by atoms with van der Waals surface area (Å²) in [4.78, 5) is 39.7. The van der Waals surface area contributed by atoms with Crippen molar-refractivity contribution in [1.82, 2.24) is 5.32 Å². The molecule has 0 saturated carbocycles. The first-order valence-corrected chi connectivity index (χ1v) is 29.1. The third-order valence-corrected chi connectivity index (χ3v) is 12.9. The number of hydrogen-bond donors (Lipinski definition) is 1. The van der Waals surface area contributed by atoms with E-state index in [4.69, 9.17) is 13.8 Å². The number of likely N-dealkylation sites (N-methyl/N-ethyl adjacent to an activating group) is 1. The normalized spacial score (nSPS) is 14.3. The second kappa shape index (κ2) is 47.4. The minimum Gasteiger partial charge on any atom is -0.756 e. The van der Waals surface area contributed by atoms with Gasteiger partial charge in [-0.3, -0.25) is 14.2 Å². The van der Waals surface area contributed by atoms with Gasteiger partial charge in [-0.05, 0) is 83.1 Å². The molecule has 3 unspecified atom stereocenters. The number of carbonyl (C=O) groups is 2. The molecule has 1 amide bonds. The Labute approximate surface area is 413 Å². The first kappa shape index (κ1) is 64.7. The van der Waals surface area contributed by atoms with E-state index >= 15 is 0 Å². The van der Waals surface area contributed by atoms with Gasteiger partial charge in [-0.2, -0.15) is 0 Å². The van der Waals surface area contributed by atoms with E-state index in [2.05, 4.69) is 68.6 Å². The van der Waals surface area contributed by atoms with Gasteiger partial charge in [0.25, 0.3) is 7.82 Å². The molecule has 0 heterocycles. The van der Waals surface area contributed by atoms with Crippen LogP contribution >= 0.6 is 7.82 Å². The molecule has 0 fully saturated rings. The molecular formula is C57H105N2O7P. The van der Waals surface area contributed by atoms with Gasteiger partial charge in [-0.25, -0.2) is 0 Å². The number of esters is 1. The quantitative estimate of drug-likeness (QED) is 0.0212. The van der Waals surface area contributed by atoms with E-state index in [9.17, 15) is 19.0 Å². The number of allylic oxidation sites excluding steroid dienone is 9. The van der Waals surface area contributed by atoms with Gasteiger partial charge >= 0.3 is 5.97 Å². The van der Waals surface area contributed by atoms with Gasteiger partial charge in [-0.15, -0.1) is 0 Å². The monoisotopic (exact) mass is 961 g/mol.